The van der Waals surface area contributed by atoms with Gasteiger partial charge in [0, 0.05) is 48.5 Å². The summed E-state index contributed by atoms with van der Waals surface area (Å²) in [4.78, 5) is 24.3. The number of anilines is 1. The highest BCUT2D eigenvalue weighted by Crippen LogP contribution is 2.54. The number of aromatic carboxylic acids is 1. The van der Waals surface area contributed by atoms with Crippen molar-refractivity contribution < 1.29 is 19.0 Å². The molecule has 3 aliphatic rings. The molecule has 2 aromatic carbocycles. The number of piperidine rings is 1. The van der Waals surface area contributed by atoms with Crippen LogP contribution in [-0.4, -0.2) is 51.6 Å². The van der Waals surface area contributed by atoms with Crippen LogP contribution in [0.5, 0.6) is 11.5 Å². The van der Waals surface area contributed by atoms with Crippen LogP contribution < -0.4 is 9.64 Å². The third-order valence-electron chi connectivity index (χ3n) is 10.1. The predicted molar refractivity (Wildman–Crippen MR) is 166 cm³/mol. The molecule has 224 valence electrons. The highest BCUT2D eigenvalue weighted by atomic mass is 19.1. The molecular weight excluding hydrogens is 543 g/mol. The fourth-order valence-electron chi connectivity index (χ4n) is 7.86. The molecule has 0 bridgehead atoms. The SMILES string of the molecule is CC(C)c1ccccc1C1CCCN1C1CC2(CCN(c3cc(F)c(C(=O)O)c(Oc4cnc5[nH]ccc5c4)c3)CC2)C1. The van der Waals surface area contributed by atoms with Crippen molar-refractivity contribution in [2.24, 2.45) is 5.41 Å². The summed E-state index contributed by atoms with van der Waals surface area (Å²) in [6, 6.07) is 16.8. The number of pyridine rings is 1. The third-order valence-corrected chi connectivity index (χ3v) is 10.1. The summed E-state index contributed by atoms with van der Waals surface area (Å²) in [6.45, 7) is 7.39. The van der Waals surface area contributed by atoms with Crippen molar-refractivity contribution in [1.29, 1.82) is 0 Å². The number of carboxylic acids is 1. The van der Waals surface area contributed by atoms with Gasteiger partial charge in [0.05, 0.1) is 6.20 Å². The maximum Gasteiger partial charge on any atom is 0.342 e. The molecule has 1 aliphatic carbocycles. The largest absolute Gasteiger partial charge is 0.477 e. The Morgan fingerprint density at radius 3 is 2.67 bits per heavy atom. The Bertz CT molecular complexity index is 1650. The smallest absolute Gasteiger partial charge is 0.342 e. The monoisotopic (exact) mass is 582 g/mol. The van der Waals surface area contributed by atoms with Crippen LogP contribution in [0.4, 0.5) is 10.1 Å². The molecule has 4 aromatic rings. The van der Waals surface area contributed by atoms with E-state index in [2.05, 4.69) is 57.9 Å². The zero-order valence-electron chi connectivity index (χ0n) is 24.9. The van der Waals surface area contributed by atoms with E-state index >= 15 is 4.39 Å². The molecule has 3 fully saturated rings. The summed E-state index contributed by atoms with van der Waals surface area (Å²) >= 11 is 0. The molecule has 1 saturated carbocycles. The van der Waals surface area contributed by atoms with Crippen LogP contribution in [0.25, 0.3) is 11.0 Å². The fourth-order valence-corrected chi connectivity index (χ4v) is 7.86. The van der Waals surface area contributed by atoms with Gasteiger partial charge >= 0.3 is 5.97 Å². The first-order valence-corrected chi connectivity index (χ1v) is 15.6. The molecule has 2 aliphatic heterocycles. The number of halogens is 1. The molecule has 2 aromatic heterocycles. The van der Waals surface area contributed by atoms with Crippen molar-refractivity contribution in [3.05, 3.63) is 83.4 Å². The van der Waals surface area contributed by atoms with Crippen LogP contribution >= 0.6 is 0 Å². The number of nitrogens with zero attached hydrogens (tertiary/aromatic N) is 3. The van der Waals surface area contributed by atoms with Gasteiger partial charge in [0.15, 0.2) is 0 Å². The highest BCUT2D eigenvalue weighted by molar-refractivity contribution is 5.92. The van der Waals surface area contributed by atoms with Crippen molar-refractivity contribution in [3.8, 4) is 11.5 Å². The summed E-state index contributed by atoms with van der Waals surface area (Å²) in [6.07, 6.45) is 10.3. The average molecular weight is 583 g/mol. The van der Waals surface area contributed by atoms with Crippen LogP contribution in [0.3, 0.4) is 0 Å². The molecule has 0 radical (unpaired) electrons. The standard InChI is InChI=1S/C35H39FN4O3/c1-22(2)27-6-3-4-7-28(27)30-8-5-13-40(30)25-19-35(20-25)10-14-39(15-11-35)24-17-29(36)32(34(41)42)31(18-24)43-26-16-23-9-12-37-33(23)38-21-26/h3-4,6-7,9,12,16-18,21-22,25,30H,5,8,10-11,13-15,19-20H2,1-2H3,(H,37,38)(H,41,42). The van der Waals surface area contributed by atoms with E-state index in [0.29, 0.717) is 40.5 Å². The number of H-pyrrole nitrogens is 1. The highest BCUT2D eigenvalue weighted by Gasteiger charge is 2.50. The molecule has 2 N–H and O–H groups in total. The summed E-state index contributed by atoms with van der Waals surface area (Å²) in [5.74, 6) is -1.27. The zero-order valence-corrected chi connectivity index (χ0v) is 24.9. The van der Waals surface area contributed by atoms with E-state index in [-0.39, 0.29) is 5.75 Å². The zero-order chi connectivity index (χ0) is 29.7. The Hall–Kier alpha value is -3.91. The normalized spacial score (nSPS) is 20.7. The van der Waals surface area contributed by atoms with Gasteiger partial charge in [-0.3, -0.25) is 4.90 Å². The van der Waals surface area contributed by atoms with Crippen LogP contribution in [0.2, 0.25) is 0 Å². The topological polar surface area (TPSA) is 81.7 Å². The maximum atomic E-state index is 15.2. The van der Waals surface area contributed by atoms with Crippen LogP contribution in [0, 0.1) is 11.2 Å². The molecule has 4 heterocycles. The molecule has 43 heavy (non-hydrogen) atoms. The predicted octanol–water partition coefficient (Wildman–Crippen LogP) is 7.90. The van der Waals surface area contributed by atoms with Gasteiger partial charge in [0.25, 0.3) is 0 Å². The van der Waals surface area contributed by atoms with Gasteiger partial charge in [0.2, 0.25) is 0 Å². The number of aromatic amines is 1. The Kier molecular flexibility index (Phi) is 7.12. The Balaban J connectivity index is 1.04. The summed E-state index contributed by atoms with van der Waals surface area (Å²) in [5, 5.41) is 10.6. The van der Waals surface area contributed by atoms with Crippen LogP contribution in [0.15, 0.2) is 60.9 Å². The Morgan fingerprint density at radius 1 is 1.12 bits per heavy atom. The van der Waals surface area contributed by atoms with Crippen molar-refractivity contribution in [2.45, 2.75) is 70.4 Å². The van der Waals surface area contributed by atoms with Gasteiger partial charge in [-0.2, -0.15) is 0 Å². The number of carbonyl (C=O) groups is 1. The molecule has 7 rings (SSSR count). The van der Waals surface area contributed by atoms with Gasteiger partial charge < -0.3 is 19.7 Å². The molecule has 1 atom stereocenters. The van der Waals surface area contributed by atoms with Crippen molar-refractivity contribution in [1.82, 2.24) is 14.9 Å². The summed E-state index contributed by atoms with van der Waals surface area (Å²) < 4.78 is 21.2. The lowest BCUT2D eigenvalue weighted by molar-refractivity contribution is -0.0227. The number of rotatable bonds is 7. The van der Waals surface area contributed by atoms with E-state index in [1.165, 1.54) is 55.6 Å². The molecular formula is C35H39FN4O3. The van der Waals surface area contributed by atoms with E-state index in [0.717, 1.165) is 31.3 Å². The quantitative estimate of drug-likeness (QED) is 0.231. The lowest BCUT2D eigenvalue weighted by atomic mass is 9.59. The van der Waals surface area contributed by atoms with Gasteiger partial charge in [-0.25, -0.2) is 14.2 Å². The molecule has 1 unspecified atom stereocenters. The second kappa shape index (κ2) is 11.0. The first-order chi connectivity index (χ1) is 20.8. The minimum atomic E-state index is -1.36. The number of hydrogen-bond donors (Lipinski definition) is 2. The third kappa shape index (κ3) is 5.16. The van der Waals surface area contributed by atoms with E-state index in [1.54, 1.807) is 18.3 Å². The van der Waals surface area contributed by atoms with Crippen LogP contribution in [0.1, 0.15) is 85.8 Å². The first-order valence-electron chi connectivity index (χ1n) is 15.6. The summed E-state index contributed by atoms with van der Waals surface area (Å²) in [7, 11) is 0. The molecule has 1 spiro atoms. The fraction of sp³-hybridized carbons (Fsp3) is 0.429. The number of nitrogens with one attached hydrogen (secondary N) is 1. The molecule has 2 saturated heterocycles. The van der Waals surface area contributed by atoms with E-state index in [9.17, 15) is 9.90 Å². The van der Waals surface area contributed by atoms with Gasteiger partial charge in [-0.15, -0.1) is 0 Å². The van der Waals surface area contributed by atoms with E-state index < -0.39 is 17.3 Å². The van der Waals surface area contributed by atoms with Gasteiger partial charge in [-0.05, 0) is 85.7 Å². The molecule has 7 nitrogen and oxygen atoms in total. The summed E-state index contributed by atoms with van der Waals surface area (Å²) in [5.41, 5.74) is 4.22. The van der Waals surface area contributed by atoms with E-state index in [4.69, 9.17) is 4.74 Å². The van der Waals surface area contributed by atoms with Crippen LogP contribution in [-0.2, 0) is 0 Å². The minimum Gasteiger partial charge on any atom is -0.477 e. The minimum absolute atomic E-state index is 0.00932. The first kappa shape index (κ1) is 27.9. The number of benzene rings is 2. The van der Waals surface area contributed by atoms with Crippen molar-refractivity contribution in [3.63, 3.8) is 0 Å². The number of ether oxygens (including phenoxy) is 1. The number of hydrogen-bond acceptors (Lipinski definition) is 5. The number of carboxylic acid groups (broad SMARTS) is 1. The van der Waals surface area contributed by atoms with Gasteiger partial charge in [-0.1, -0.05) is 38.1 Å². The van der Waals surface area contributed by atoms with Crippen molar-refractivity contribution in [2.75, 3.05) is 24.5 Å². The lowest BCUT2D eigenvalue weighted by Gasteiger charge is -2.56. The average Bonchev–Trinajstić information content (AvgIpc) is 3.65. The number of likely N-dealkylation sites (tertiary alicyclic amines) is 1. The Morgan fingerprint density at radius 2 is 1.91 bits per heavy atom. The second-order valence-electron chi connectivity index (χ2n) is 13.0. The number of aromatic nitrogens is 2. The van der Waals surface area contributed by atoms with Crippen molar-refractivity contribution >= 4 is 22.7 Å². The van der Waals surface area contributed by atoms with Gasteiger partial charge in [0.1, 0.15) is 28.5 Å². The van der Waals surface area contributed by atoms with E-state index in [1.807, 2.05) is 6.07 Å². The molecule has 0 amide bonds. The number of fused-ring (bicyclic) bond motifs is 1. The maximum absolute atomic E-state index is 15.2. The lowest BCUT2D eigenvalue weighted by Crippen LogP contribution is -2.55. The molecule has 8 heteroatoms. The Labute approximate surface area is 251 Å². The second-order valence-corrected chi connectivity index (χ2v) is 13.0.